The predicted octanol–water partition coefficient (Wildman–Crippen LogP) is 2.59. The average Bonchev–Trinajstić information content (AvgIpc) is 2.09. The van der Waals surface area contributed by atoms with Crippen LogP contribution in [0.2, 0.25) is 5.02 Å². The molecule has 0 unspecified atom stereocenters. The van der Waals surface area contributed by atoms with Crippen molar-refractivity contribution in [3.63, 3.8) is 0 Å². The minimum Gasteiger partial charge on any atom is -0.504 e. The fraction of sp³-hybridized carbons (Fsp3) is 0.455. The lowest BCUT2D eigenvalue weighted by Gasteiger charge is -2.23. The number of phenolic OH excluding ortho intramolecular Hbond substituents is 1. The first-order valence-corrected chi connectivity index (χ1v) is 4.95. The quantitative estimate of drug-likeness (QED) is 0.821. The standard InChI is InChI=1S/C11H15ClO3/c1-6-7(12)5-8(15-4)10(13)9(6)11(2,3)14/h5,13-14H,1-4H3. The largest absolute Gasteiger partial charge is 0.504 e. The molecule has 0 atom stereocenters. The van der Waals surface area contributed by atoms with Crippen LogP contribution in [0.5, 0.6) is 11.5 Å². The lowest BCUT2D eigenvalue weighted by Crippen LogP contribution is -2.18. The molecule has 0 bridgehead atoms. The van der Waals surface area contributed by atoms with Crippen LogP contribution in [0.1, 0.15) is 25.0 Å². The van der Waals surface area contributed by atoms with Crippen molar-refractivity contribution in [3.05, 3.63) is 22.2 Å². The normalized spacial score (nSPS) is 11.6. The molecular weight excluding hydrogens is 216 g/mol. The highest BCUT2D eigenvalue weighted by Crippen LogP contribution is 2.42. The lowest BCUT2D eigenvalue weighted by atomic mass is 9.92. The Hall–Kier alpha value is -0.930. The molecule has 0 aliphatic rings. The van der Waals surface area contributed by atoms with Gasteiger partial charge in [0.15, 0.2) is 11.5 Å². The topological polar surface area (TPSA) is 49.7 Å². The third-order valence-electron chi connectivity index (χ3n) is 2.29. The number of hydrogen-bond donors (Lipinski definition) is 2. The van der Waals surface area contributed by atoms with Crippen molar-refractivity contribution in [1.82, 2.24) is 0 Å². The van der Waals surface area contributed by atoms with Crippen molar-refractivity contribution in [2.45, 2.75) is 26.4 Å². The van der Waals surface area contributed by atoms with Gasteiger partial charge >= 0.3 is 0 Å². The van der Waals surface area contributed by atoms with E-state index in [4.69, 9.17) is 16.3 Å². The van der Waals surface area contributed by atoms with Gasteiger partial charge in [-0.15, -0.1) is 0 Å². The summed E-state index contributed by atoms with van der Waals surface area (Å²) in [6, 6.07) is 1.53. The first kappa shape index (κ1) is 12.1. The summed E-state index contributed by atoms with van der Waals surface area (Å²) in [5, 5.41) is 20.3. The van der Waals surface area contributed by atoms with E-state index in [0.29, 0.717) is 16.1 Å². The van der Waals surface area contributed by atoms with Gasteiger partial charge in [-0.25, -0.2) is 0 Å². The molecule has 15 heavy (non-hydrogen) atoms. The fourth-order valence-electron chi connectivity index (χ4n) is 1.62. The van der Waals surface area contributed by atoms with Gasteiger partial charge in [-0.3, -0.25) is 0 Å². The van der Waals surface area contributed by atoms with Crippen LogP contribution in [-0.2, 0) is 5.60 Å². The van der Waals surface area contributed by atoms with Crippen LogP contribution in [0.4, 0.5) is 0 Å². The van der Waals surface area contributed by atoms with Gasteiger partial charge in [-0.2, -0.15) is 0 Å². The lowest BCUT2D eigenvalue weighted by molar-refractivity contribution is 0.0746. The molecular formula is C11H15ClO3. The van der Waals surface area contributed by atoms with Gasteiger partial charge in [0.25, 0.3) is 0 Å². The highest BCUT2D eigenvalue weighted by atomic mass is 35.5. The van der Waals surface area contributed by atoms with Crippen molar-refractivity contribution >= 4 is 11.6 Å². The molecule has 84 valence electrons. The van der Waals surface area contributed by atoms with Gasteiger partial charge in [0.1, 0.15) is 0 Å². The van der Waals surface area contributed by atoms with Gasteiger partial charge in [0.05, 0.1) is 12.7 Å². The van der Waals surface area contributed by atoms with Crippen molar-refractivity contribution < 1.29 is 14.9 Å². The number of hydrogen-bond acceptors (Lipinski definition) is 3. The molecule has 0 radical (unpaired) electrons. The van der Waals surface area contributed by atoms with Gasteiger partial charge in [0, 0.05) is 16.7 Å². The van der Waals surface area contributed by atoms with E-state index in [2.05, 4.69) is 0 Å². The van der Waals surface area contributed by atoms with Gasteiger partial charge < -0.3 is 14.9 Å². The summed E-state index contributed by atoms with van der Waals surface area (Å²) < 4.78 is 4.97. The maximum absolute atomic E-state index is 9.92. The minimum atomic E-state index is -1.16. The first-order valence-electron chi connectivity index (χ1n) is 4.58. The number of methoxy groups -OCH3 is 1. The van der Waals surface area contributed by atoms with E-state index in [0.717, 1.165) is 0 Å². The second kappa shape index (κ2) is 3.91. The van der Waals surface area contributed by atoms with E-state index in [9.17, 15) is 10.2 Å². The minimum absolute atomic E-state index is 0.0631. The van der Waals surface area contributed by atoms with Crippen molar-refractivity contribution in [2.75, 3.05) is 7.11 Å². The van der Waals surface area contributed by atoms with Crippen LogP contribution in [0.15, 0.2) is 6.07 Å². The van der Waals surface area contributed by atoms with Crippen LogP contribution >= 0.6 is 11.6 Å². The molecule has 0 aromatic heterocycles. The molecule has 1 aromatic carbocycles. The predicted molar refractivity (Wildman–Crippen MR) is 59.7 cm³/mol. The highest BCUT2D eigenvalue weighted by molar-refractivity contribution is 6.31. The van der Waals surface area contributed by atoms with Crippen molar-refractivity contribution in [1.29, 1.82) is 0 Å². The zero-order chi connectivity index (χ0) is 11.8. The molecule has 3 nitrogen and oxygen atoms in total. The van der Waals surface area contributed by atoms with Crippen LogP contribution in [0, 0.1) is 6.92 Å². The second-order valence-electron chi connectivity index (χ2n) is 3.97. The van der Waals surface area contributed by atoms with Crippen molar-refractivity contribution in [3.8, 4) is 11.5 Å². The smallest absolute Gasteiger partial charge is 0.164 e. The Morgan fingerprint density at radius 2 is 1.93 bits per heavy atom. The van der Waals surface area contributed by atoms with Crippen LogP contribution in [0.25, 0.3) is 0 Å². The number of rotatable bonds is 2. The number of ether oxygens (including phenoxy) is 1. The van der Waals surface area contributed by atoms with Crippen molar-refractivity contribution in [2.24, 2.45) is 0 Å². The number of aromatic hydroxyl groups is 1. The number of phenols is 1. The van der Waals surface area contributed by atoms with E-state index in [1.165, 1.54) is 13.2 Å². The number of benzene rings is 1. The van der Waals surface area contributed by atoms with Gasteiger partial charge in [0.2, 0.25) is 0 Å². The van der Waals surface area contributed by atoms with E-state index in [-0.39, 0.29) is 11.5 Å². The monoisotopic (exact) mass is 230 g/mol. The molecule has 0 saturated heterocycles. The molecule has 0 aliphatic carbocycles. The summed E-state index contributed by atoms with van der Waals surface area (Å²) in [6.07, 6.45) is 0. The Balaban J connectivity index is 3.55. The van der Waals surface area contributed by atoms with Crippen LogP contribution in [-0.4, -0.2) is 17.3 Å². The van der Waals surface area contributed by atoms with Gasteiger partial charge in [-0.1, -0.05) is 11.6 Å². The molecule has 2 N–H and O–H groups in total. The average molecular weight is 231 g/mol. The molecule has 1 aromatic rings. The van der Waals surface area contributed by atoms with Crippen LogP contribution in [0.3, 0.4) is 0 Å². The Labute approximate surface area is 94.3 Å². The Morgan fingerprint density at radius 1 is 1.40 bits per heavy atom. The third-order valence-corrected chi connectivity index (χ3v) is 2.69. The summed E-state index contributed by atoms with van der Waals surface area (Å²) in [7, 11) is 1.44. The Bertz CT molecular complexity index is 380. The zero-order valence-electron chi connectivity index (χ0n) is 9.26. The van der Waals surface area contributed by atoms with E-state index in [1.807, 2.05) is 0 Å². The molecule has 1 rings (SSSR count). The SMILES string of the molecule is COc1cc(Cl)c(C)c(C(C)(C)O)c1O. The zero-order valence-corrected chi connectivity index (χ0v) is 10.0. The summed E-state index contributed by atoms with van der Waals surface area (Å²) in [5.41, 5.74) is -0.110. The molecule has 0 fully saturated rings. The van der Waals surface area contributed by atoms with Gasteiger partial charge in [-0.05, 0) is 26.3 Å². The summed E-state index contributed by atoms with van der Waals surface area (Å²) in [4.78, 5) is 0. The third kappa shape index (κ3) is 2.19. The Morgan fingerprint density at radius 3 is 2.33 bits per heavy atom. The maximum atomic E-state index is 9.92. The molecule has 0 aliphatic heterocycles. The Kier molecular flexibility index (Phi) is 3.16. The molecule has 0 saturated carbocycles. The number of aliphatic hydroxyl groups is 1. The van der Waals surface area contributed by atoms with E-state index < -0.39 is 5.60 Å². The summed E-state index contributed by atoms with van der Waals surface area (Å²) in [6.45, 7) is 4.92. The highest BCUT2D eigenvalue weighted by Gasteiger charge is 2.26. The molecule has 0 amide bonds. The maximum Gasteiger partial charge on any atom is 0.164 e. The molecule has 0 heterocycles. The second-order valence-corrected chi connectivity index (χ2v) is 4.38. The summed E-state index contributed by atoms with van der Waals surface area (Å²) >= 11 is 5.97. The van der Waals surface area contributed by atoms with Crippen LogP contribution < -0.4 is 4.74 Å². The fourth-order valence-corrected chi connectivity index (χ4v) is 1.81. The summed E-state index contributed by atoms with van der Waals surface area (Å²) in [5.74, 6) is 0.203. The first-order chi connectivity index (χ1) is 6.79. The number of halogens is 1. The van der Waals surface area contributed by atoms with E-state index >= 15 is 0 Å². The van der Waals surface area contributed by atoms with E-state index in [1.54, 1.807) is 20.8 Å². The molecule has 4 heteroatoms. The molecule has 0 spiro atoms.